The Balaban J connectivity index is 3.82. The molecule has 0 amide bonds. The first-order valence-corrected chi connectivity index (χ1v) is 7.05. The number of hydrogen-bond acceptors (Lipinski definition) is 5. The van der Waals surface area contributed by atoms with Gasteiger partial charge in [0, 0.05) is 12.1 Å². The van der Waals surface area contributed by atoms with Crippen LogP contribution in [-0.4, -0.2) is 41.8 Å². The molecule has 6 nitrogen and oxygen atoms in total. The summed E-state index contributed by atoms with van der Waals surface area (Å²) < 4.78 is 197. The second-order valence-corrected chi connectivity index (χ2v) is 5.38. The third-order valence-electron chi connectivity index (χ3n) is 2.91. The lowest BCUT2D eigenvalue weighted by Crippen LogP contribution is -2.43. The molecule has 0 atom stereocenters. The molecule has 0 aliphatic heterocycles. The second-order valence-electron chi connectivity index (χ2n) is 5.38. The van der Waals surface area contributed by atoms with Crippen LogP contribution in [0, 0.1) is 10.1 Å². The Kier molecular flexibility index (Phi) is 6.85. The zero-order valence-corrected chi connectivity index (χ0v) is 14.3. The van der Waals surface area contributed by atoms with Gasteiger partial charge in [0.15, 0.2) is 0 Å². The van der Waals surface area contributed by atoms with Crippen molar-refractivity contribution in [1.29, 1.82) is 0 Å². The minimum absolute atomic E-state index is 0.865. The van der Waals surface area contributed by atoms with E-state index < -0.39 is 76.8 Å². The molecule has 0 N–H and O–H groups in total. The smallest absolute Gasteiger partial charge is 0.425 e. The van der Waals surface area contributed by atoms with Gasteiger partial charge in [0.2, 0.25) is 11.5 Å². The van der Waals surface area contributed by atoms with Crippen LogP contribution in [0.3, 0.4) is 0 Å². The second kappa shape index (κ2) is 8.08. The van der Waals surface area contributed by atoms with Crippen molar-refractivity contribution in [2.45, 2.75) is 36.9 Å². The molecule has 0 saturated heterocycles. The Morgan fingerprint density at radius 2 is 0.848 bits per heavy atom. The first-order chi connectivity index (χ1) is 14.3. The van der Waals surface area contributed by atoms with Gasteiger partial charge in [0.05, 0.1) is 4.92 Å². The zero-order chi connectivity index (χ0) is 26.4. The number of rotatable bonds is 7. The average Bonchev–Trinajstić information content (AvgIpc) is 2.49. The first kappa shape index (κ1) is 28.0. The molecule has 33 heavy (non-hydrogen) atoms. The van der Waals surface area contributed by atoms with E-state index in [1.165, 1.54) is 0 Å². The lowest BCUT2D eigenvalue weighted by Gasteiger charge is -2.24. The summed E-state index contributed by atoms with van der Waals surface area (Å²) in [5.74, 6) is -7.86. The molecule has 0 radical (unpaired) electrons. The van der Waals surface area contributed by atoms with Gasteiger partial charge in [-0.05, 0) is 0 Å². The molecule has 0 aromatic heterocycles. The fourth-order valence-corrected chi connectivity index (χ4v) is 1.55. The molecule has 1 rings (SSSR count). The minimum Gasteiger partial charge on any atom is -0.425 e. The number of ether oxygens (including phenoxy) is 3. The molecule has 0 fully saturated rings. The Bertz CT molecular complexity index is 840. The van der Waals surface area contributed by atoms with Crippen molar-refractivity contribution in [3.8, 4) is 17.2 Å². The molecule has 0 spiro atoms. The Labute approximate surface area is 168 Å². The molecule has 1 aromatic rings. The van der Waals surface area contributed by atoms with Crippen molar-refractivity contribution in [1.82, 2.24) is 0 Å². The van der Waals surface area contributed by atoms with Gasteiger partial charge in [-0.15, -0.1) is 0 Å². The van der Waals surface area contributed by atoms with Gasteiger partial charge in [-0.25, -0.2) is 0 Å². The lowest BCUT2D eigenvalue weighted by molar-refractivity contribution is -0.399. The maximum atomic E-state index is 13.1. The maximum absolute atomic E-state index is 13.1. The number of nitro groups is 1. The fourth-order valence-electron chi connectivity index (χ4n) is 1.55. The van der Waals surface area contributed by atoms with Gasteiger partial charge >= 0.3 is 42.5 Å². The van der Waals surface area contributed by atoms with Gasteiger partial charge in [0.1, 0.15) is 5.75 Å². The predicted molar refractivity (Wildman–Crippen MR) is 68.0 cm³/mol. The van der Waals surface area contributed by atoms with Crippen molar-refractivity contribution in [3.63, 3.8) is 0 Å². The van der Waals surface area contributed by atoms with E-state index in [4.69, 9.17) is 0 Å². The summed E-state index contributed by atoms with van der Waals surface area (Å²) in [7, 11) is 0. The summed E-state index contributed by atoms with van der Waals surface area (Å²) in [5.41, 5.74) is -2.68. The Morgan fingerprint density at radius 3 is 1.09 bits per heavy atom. The van der Waals surface area contributed by atoms with Crippen molar-refractivity contribution >= 4 is 5.69 Å². The molecule has 0 heterocycles. The monoisotopic (exact) mass is 525 g/mol. The number of nitrogens with zero attached hydrogens (tertiary/aromatic N) is 1. The highest BCUT2D eigenvalue weighted by atomic mass is 19.4. The molecule has 1 aromatic carbocycles. The number of alkyl halides is 15. The van der Waals surface area contributed by atoms with Gasteiger partial charge in [0.25, 0.3) is 0 Å². The third-order valence-corrected chi connectivity index (χ3v) is 2.91. The van der Waals surface area contributed by atoms with E-state index in [9.17, 15) is 76.0 Å². The van der Waals surface area contributed by atoms with Crippen molar-refractivity contribution in [2.24, 2.45) is 0 Å². The van der Waals surface area contributed by atoms with Crippen molar-refractivity contribution < 1.29 is 85.0 Å². The van der Waals surface area contributed by atoms with Crippen LogP contribution in [-0.2, 0) is 0 Å². The van der Waals surface area contributed by atoms with Crippen LogP contribution in [0.15, 0.2) is 12.1 Å². The van der Waals surface area contributed by atoms with Crippen molar-refractivity contribution in [2.75, 3.05) is 0 Å². The van der Waals surface area contributed by atoms with E-state index in [0.29, 0.717) is 0 Å². The summed E-state index contributed by atoms with van der Waals surface area (Å²) in [5, 5.41) is 10.9. The Hall–Kier alpha value is -3.03. The summed E-state index contributed by atoms with van der Waals surface area (Å²) in [4.78, 5) is 8.65. The normalized spacial score (nSPS) is 14.2. The molecule has 0 aliphatic carbocycles. The van der Waals surface area contributed by atoms with Crippen LogP contribution in [0.1, 0.15) is 0 Å². The topological polar surface area (TPSA) is 70.8 Å². The van der Waals surface area contributed by atoms with Crippen LogP contribution in [0.5, 0.6) is 17.2 Å². The SMILES string of the molecule is O=[N+]([O-])c1c(OC(F)(F)C(F)(F)F)cc(OC(F)(F)C(F)(F)F)cc1OC(F)(F)C(F)(F)F. The van der Waals surface area contributed by atoms with E-state index in [1.54, 1.807) is 0 Å². The minimum atomic E-state index is -6.76. The fraction of sp³-hybridized carbons (Fsp3) is 0.500. The van der Waals surface area contributed by atoms with Crippen molar-refractivity contribution in [3.05, 3.63) is 22.2 Å². The molecular weight excluding hydrogens is 523 g/mol. The maximum Gasteiger partial charge on any atom is 0.499 e. The van der Waals surface area contributed by atoms with Crippen LogP contribution >= 0.6 is 0 Å². The van der Waals surface area contributed by atoms with E-state index in [1.807, 2.05) is 0 Å². The molecule has 0 aliphatic rings. The first-order valence-electron chi connectivity index (χ1n) is 7.05. The van der Waals surface area contributed by atoms with Gasteiger partial charge in [-0.2, -0.15) is 65.9 Å². The summed E-state index contributed by atoms with van der Waals surface area (Å²) >= 11 is 0. The number of benzene rings is 1. The van der Waals surface area contributed by atoms with Gasteiger partial charge in [-0.1, -0.05) is 0 Å². The largest absolute Gasteiger partial charge is 0.499 e. The van der Waals surface area contributed by atoms with Gasteiger partial charge < -0.3 is 14.2 Å². The summed E-state index contributed by atoms with van der Waals surface area (Å²) in [6, 6.07) is -1.73. The molecule has 21 heteroatoms. The quantitative estimate of drug-likeness (QED) is 0.241. The highest BCUT2D eigenvalue weighted by Crippen LogP contribution is 2.49. The number of hydrogen-bond donors (Lipinski definition) is 0. The third kappa shape index (κ3) is 6.06. The summed E-state index contributed by atoms with van der Waals surface area (Å²) in [6.45, 7) is 0. The van der Waals surface area contributed by atoms with E-state index >= 15 is 0 Å². The lowest BCUT2D eigenvalue weighted by atomic mass is 10.2. The zero-order valence-electron chi connectivity index (χ0n) is 14.3. The number of halogens is 15. The Morgan fingerprint density at radius 1 is 0.576 bits per heavy atom. The van der Waals surface area contributed by atoms with Crippen LogP contribution in [0.2, 0.25) is 0 Å². The van der Waals surface area contributed by atoms with E-state index in [-0.39, 0.29) is 0 Å². The van der Waals surface area contributed by atoms with E-state index in [2.05, 4.69) is 14.2 Å². The standard InChI is InChI=1S/C12H2F15NO5/c13-7(14,15)10(22,23)31-3-1-4(32-11(24,25)8(16,17)18)6(28(29)30)5(2-3)33-12(26,27)9(19,20)21/h1-2H. The van der Waals surface area contributed by atoms with Crippen LogP contribution < -0.4 is 14.2 Å². The molecule has 0 bridgehead atoms. The molecular formula is C12H2F15NO5. The highest BCUT2D eigenvalue weighted by molar-refractivity contribution is 5.61. The number of nitro benzene ring substituents is 1. The van der Waals surface area contributed by atoms with Crippen LogP contribution in [0.4, 0.5) is 71.5 Å². The predicted octanol–water partition coefficient (Wildman–Crippen LogP) is 6.20. The van der Waals surface area contributed by atoms with Gasteiger partial charge in [-0.3, -0.25) is 10.1 Å². The molecule has 0 saturated carbocycles. The molecule has 190 valence electrons. The average molecular weight is 525 g/mol. The van der Waals surface area contributed by atoms with Crippen LogP contribution in [0.25, 0.3) is 0 Å². The highest BCUT2D eigenvalue weighted by Gasteiger charge is 2.64. The summed E-state index contributed by atoms with van der Waals surface area (Å²) in [6.07, 6.45) is -39.6. The molecule has 0 unspecified atom stereocenters. The van der Waals surface area contributed by atoms with E-state index in [0.717, 1.165) is 0 Å².